The third-order valence-corrected chi connectivity index (χ3v) is 4.48. The maximum atomic E-state index is 13.5. The van der Waals surface area contributed by atoms with Crippen molar-refractivity contribution in [3.05, 3.63) is 40.0 Å². The maximum absolute atomic E-state index is 13.5. The van der Waals surface area contributed by atoms with Crippen LogP contribution < -0.4 is 15.5 Å². The molecule has 0 aliphatic heterocycles. The van der Waals surface area contributed by atoms with Crippen molar-refractivity contribution in [3.63, 3.8) is 0 Å². The van der Waals surface area contributed by atoms with Gasteiger partial charge in [0.05, 0.1) is 12.5 Å². The van der Waals surface area contributed by atoms with Crippen LogP contribution in [0.4, 0.5) is 4.39 Å². The summed E-state index contributed by atoms with van der Waals surface area (Å²) in [5.41, 5.74) is -0.397. The molecule has 6 heteroatoms. The SMILES string of the molecule is COc1cc(F)cc2c(=O)cc(C(=O)NCC3CCCCC3)oc12. The minimum Gasteiger partial charge on any atom is -0.493 e. The van der Waals surface area contributed by atoms with Crippen LogP contribution in [0, 0.1) is 11.7 Å². The molecule has 1 aromatic heterocycles. The van der Waals surface area contributed by atoms with Gasteiger partial charge in [0.15, 0.2) is 22.5 Å². The van der Waals surface area contributed by atoms with Crippen molar-refractivity contribution < 1.29 is 18.3 Å². The van der Waals surface area contributed by atoms with Crippen molar-refractivity contribution in [1.29, 1.82) is 0 Å². The van der Waals surface area contributed by atoms with Crippen LogP contribution in [0.25, 0.3) is 11.0 Å². The van der Waals surface area contributed by atoms with Gasteiger partial charge in [-0.25, -0.2) is 4.39 Å². The van der Waals surface area contributed by atoms with Crippen LogP contribution >= 0.6 is 0 Å². The molecule has 1 aliphatic rings. The molecule has 0 radical (unpaired) electrons. The van der Waals surface area contributed by atoms with Crippen molar-refractivity contribution in [1.82, 2.24) is 5.32 Å². The molecule has 0 unspecified atom stereocenters. The third kappa shape index (κ3) is 3.42. The first-order valence-corrected chi connectivity index (χ1v) is 8.18. The van der Waals surface area contributed by atoms with Gasteiger partial charge in [0.25, 0.3) is 5.91 Å². The summed E-state index contributed by atoms with van der Waals surface area (Å²) in [4.78, 5) is 24.5. The topological polar surface area (TPSA) is 68.5 Å². The number of benzene rings is 1. The van der Waals surface area contributed by atoms with Gasteiger partial charge in [-0.2, -0.15) is 0 Å². The molecule has 1 aromatic carbocycles. The molecule has 5 nitrogen and oxygen atoms in total. The number of hydrogen-bond acceptors (Lipinski definition) is 4. The number of nitrogens with one attached hydrogen (secondary N) is 1. The molecule has 1 N–H and O–H groups in total. The van der Waals surface area contributed by atoms with Crippen LogP contribution in [0.5, 0.6) is 5.75 Å². The Morgan fingerprint density at radius 2 is 2.04 bits per heavy atom. The van der Waals surface area contributed by atoms with Gasteiger partial charge in [-0.05, 0) is 24.8 Å². The number of hydrogen-bond donors (Lipinski definition) is 1. The molecule has 2 aromatic rings. The van der Waals surface area contributed by atoms with Crippen molar-refractivity contribution in [2.75, 3.05) is 13.7 Å². The van der Waals surface area contributed by atoms with Gasteiger partial charge < -0.3 is 14.5 Å². The van der Waals surface area contributed by atoms with Crippen LogP contribution in [0.3, 0.4) is 0 Å². The quantitative estimate of drug-likeness (QED) is 0.932. The molecule has 0 atom stereocenters. The van der Waals surface area contributed by atoms with Crippen LogP contribution in [-0.2, 0) is 0 Å². The first-order chi connectivity index (χ1) is 11.6. The van der Waals surface area contributed by atoms with E-state index in [2.05, 4.69) is 5.32 Å². The van der Waals surface area contributed by atoms with Gasteiger partial charge in [0.1, 0.15) is 5.82 Å². The Hall–Kier alpha value is -2.37. The van der Waals surface area contributed by atoms with Crippen LogP contribution in [-0.4, -0.2) is 19.6 Å². The molecule has 24 heavy (non-hydrogen) atoms. The van der Waals surface area contributed by atoms with Crippen molar-refractivity contribution >= 4 is 16.9 Å². The number of methoxy groups -OCH3 is 1. The number of halogens is 1. The second-order valence-electron chi connectivity index (χ2n) is 6.17. The van der Waals surface area contributed by atoms with E-state index in [-0.39, 0.29) is 22.5 Å². The molecule has 0 saturated heterocycles. The lowest BCUT2D eigenvalue weighted by Gasteiger charge is -2.21. The molecule has 0 spiro atoms. The van der Waals surface area contributed by atoms with Gasteiger partial charge in [-0.1, -0.05) is 19.3 Å². The molecule has 1 fully saturated rings. The average molecular weight is 333 g/mol. The minimum atomic E-state index is -0.596. The first-order valence-electron chi connectivity index (χ1n) is 8.18. The van der Waals surface area contributed by atoms with E-state index < -0.39 is 17.2 Å². The molecule has 1 amide bonds. The van der Waals surface area contributed by atoms with Crippen LogP contribution in [0.1, 0.15) is 42.7 Å². The van der Waals surface area contributed by atoms with E-state index >= 15 is 0 Å². The highest BCUT2D eigenvalue weighted by Gasteiger charge is 2.18. The van der Waals surface area contributed by atoms with Crippen LogP contribution in [0.15, 0.2) is 27.4 Å². The zero-order valence-electron chi connectivity index (χ0n) is 13.6. The average Bonchev–Trinajstić information content (AvgIpc) is 2.60. The molecular formula is C18H20FNO4. The first kappa shape index (κ1) is 16.5. The summed E-state index contributed by atoms with van der Waals surface area (Å²) < 4.78 is 24.1. The summed E-state index contributed by atoms with van der Waals surface area (Å²) in [6, 6.07) is 3.29. The number of carbonyl (C=O) groups is 1. The summed E-state index contributed by atoms with van der Waals surface area (Å²) in [7, 11) is 1.35. The van der Waals surface area contributed by atoms with Gasteiger partial charge in [0, 0.05) is 18.7 Å². The normalized spacial score (nSPS) is 15.4. The van der Waals surface area contributed by atoms with E-state index in [1.807, 2.05) is 0 Å². The largest absolute Gasteiger partial charge is 0.493 e. The summed E-state index contributed by atoms with van der Waals surface area (Å²) in [6.07, 6.45) is 5.84. The van der Waals surface area contributed by atoms with Crippen molar-refractivity contribution in [2.45, 2.75) is 32.1 Å². The Labute approximate surface area is 138 Å². The zero-order valence-corrected chi connectivity index (χ0v) is 13.6. The maximum Gasteiger partial charge on any atom is 0.287 e. The molecule has 1 aliphatic carbocycles. The van der Waals surface area contributed by atoms with Gasteiger partial charge in [-0.15, -0.1) is 0 Å². The molecule has 0 bridgehead atoms. The van der Waals surface area contributed by atoms with Crippen LogP contribution in [0.2, 0.25) is 0 Å². The highest BCUT2D eigenvalue weighted by Crippen LogP contribution is 2.26. The second-order valence-corrected chi connectivity index (χ2v) is 6.17. The fourth-order valence-electron chi connectivity index (χ4n) is 3.17. The fraction of sp³-hybridized carbons (Fsp3) is 0.444. The smallest absolute Gasteiger partial charge is 0.287 e. The lowest BCUT2D eigenvalue weighted by Crippen LogP contribution is -2.30. The fourth-order valence-corrected chi connectivity index (χ4v) is 3.17. The standard InChI is InChI=1S/C18H20FNO4/c1-23-15-8-12(19)7-13-14(21)9-16(24-17(13)15)18(22)20-10-11-5-3-2-4-6-11/h7-9,11H,2-6,10H2,1H3,(H,20,22). The number of amides is 1. The summed E-state index contributed by atoms with van der Waals surface area (Å²) in [5, 5.41) is 2.87. The van der Waals surface area contributed by atoms with Gasteiger partial charge in [0.2, 0.25) is 0 Å². The number of fused-ring (bicyclic) bond motifs is 1. The number of ether oxygens (including phenoxy) is 1. The van der Waals surface area contributed by atoms with Gasteiger partial charge >= 0.3 is 0 Å². The highest BCUT2D eigenvalue weighted by molar-refractivity contribution is 5.94. The zero-order chi connectivity index (χ0) is 17.1. The minimum absolute atomic E-state index is 0.0516. The summed E-state index contributed by atoms with van der Waals surface area (Å²) in [5.74, 6) is -0.567. The van der Waals surface area contributed by atoms with Crippen molar-refractivity contribution in [3.8, 4) is 5.75 Å². The highest BCUT2D eigenvalue weighted by atomic mass is 19.1. The molecule has 128 valence electrons. The van der Waals surface area contributed by atoms with Gasteiger partial charge in [-0.3, -0.25) is 9.59 Å². The number of rotatable bonds is 4. The lowest BCUT2D eigenvalue weighted by atomic mass is 9.89. The molecule has 1 saturated carbocycles. The Morgan fingerprint density at radius 1 is 1.29 bits per heavy atom. The third-order valence-electron chi connectivity index (χ3n) is 4.48. The van der Waals surface area contributed by atoms with E-state index in [1.54, 1.807) is 0 Å². The predicted molar refractivity (Wildman–Crippen MR) is 87.9 cm³/mol. The number of carbonyl (C=O) groups excluding carboxylic acids is 1. The van der Waals surface area contributed by atoms with E-state index in [0.29, 0.717) is 12.5 Å². The second kappa shape index (κ2) is 7.03. The summed E-state index contributed by atoms with van der Waals surface area (Å²) >= 11 is 0. The van der Waals surface area contributed by atoms with E-state index in [4.69, 9.17) is 9.15 Å². The lowest BCUT2D eigenvalue weighted by molar-refractivity contribution is 0.0916. The Morgan fingerprint density at radius 3 is 2.75 bits per heavy atom. The molecular weight excluding hydrogens is 313 g/mol. The van der Waals surface area contributed by atoms with E-state index in [1.165, 1.54) is 26.4 Å². The Bertz CT molecular complexity index is 809. The van der Waals surface area contributed by atoms with E-state index in [9.17, 15) is 14.0 Å². The monoisotopic (exact) mass is 333 g/mol. The van der Waals surface area contributed by atoms with Crippen molar-refractivity contribution in [2.24, 2.45) is 5.92 Å². The predicted octanol–water partition coefficient (Wildman–Crippen LogP) is 3.25. The molecule has 3 rings (SSSR count). The Kier molecular flexibility index (Phi) is 4.83. The Balaban J connectivity index is 1.85. The molecule has 1 heterocycles. The van der Waals surface area contributed by atoms with E-state index in [0.717, 1.165) is 31.0 Å². The summed E-state index contributed by atoms with van der Waals surface area (Å²) in [6.45, 7) is 0.571.